The van der Waals surface area contributed by atoms with Gasteiger partial charge in [0.25, 0.3) is 0 Å². The Labute approximate surface area is 107 Å². The number of hydrogen-bond acceptors (Lipinski definition) is 6. The molecule has 1 saturated heterocycles. The zero-order chi connectivity index (χ0) is 13.0. The number of rotatable bonds is 5. The van der Waals surface area contributed by atoms with Crippen molar-refractivity contribution in [3.05, 3.63) is 11.8 Å². The van der Waals surface area contributed by atoms with Crippen LogP contribution < -0.4 is 5.73 Å². The third-order valence-corrected chi connectivity index (χ3v) is 3.54. The van der Waals surface area contributed by atoms with E-state index >= 15 is 0 Å². The summed E-state index contributed by atoms with van der Waals surface area (Å²) in [7, 11) is 1.76. The first-order valence-electron chi connectivity index (χ1n) is 6.55. The van der Waals surface area contributed by atoms with Crippen LogP contribution in [-0.2, 0) is 17.7 Å². The lowest BCUT2D eigenvalue weighted by atomic mass is 9.99. The predicted octanol–water partition coefficient (Wildman–Crippen LogP) is 0.570. The van der Waals surface area contributed by atoms with Gasteiger partial charge in [-0.3, -0.25) is 4.90 Å². The zero-order valence-corrected chi connectivity index (χ0v) is 11.1. The Morgan fingerprint density at radius 3 is 2.83 bits per heavy atom. The molecule has 1 aliphatic heterocycles. The molecule has 2 rings (SSSR count). The Bertz CT molecular complexity index is 369. The van der Waals surface area contributed by atoms with Crippen molar-refractivity contribution in [1.82, 2.24) is 15.1 Å². The van der Waals surface area contributed by atoms with Crippen LogP contribution in [0.15, 0.2) is 4.42 Å². The largest absolute Gasteiger partial charge is 0.424 e. The highest BCUT2D eigenvalue weighted by atomic mass is 16.5. The molecule has 6 nitrogen and oxygen atoms in total. The first kappa shape index (κ1) is 13.5. The molecule has 0 bridgehead atoms. The fourth-order valence-corrected chi connectivity index (χ4v) is 2.40. The quantitative estimate of drug-likeness (QED) is 0.827. The number of nitrogens with zero attached hydrogens (tertiary/aromatic N) is 3. The van der Waals surface area contributed by atoms with E-state index < -0.39 is 0 Å². The van der Waals surface area contributed by atoms with Gasteiger partial charge in [0.15, 0.2) is 0 Å². The van der Waals surface area contributed by atoms with E-state index in [2.05, 4.69) is 15.1 Å². The van der Waals surface area contributed by atoms with Crippen LogP contribution in [0.2, 0.25) is 0 Å². The normalized spacial score (nSPS) is 25.5. The molecule has 1 aromatic heterocycles. The van der Waals surface area contributed by atoms with Crippen LogP contribution in [0, 0.1) is 0 Å². The van der Waals surface area contributed by atoms with Gasteiger partial charge in [-0.25, -0.2) is 0 Å². The van der Waals surface area contributed by atoms with Crippen molar-refractivity contribution in [2.45, 2.75) is 44.9 Å². The third kappa shape index (κ3) is 3.07. The maximum Gasteiger partial charge on any atom is 0.230 e. The maximum absolute atomic E-state index is 5.83. The zero-order valence-electron chi connectivity index (χ0n) is 11.1. The molecule has 2 heterocycles. The van der Waals surface area contributed by atoms with Gasteiger partial charge >= 0.3 is 0 Å². The highest BCUT2D eigenvalue weighted by molar-refractivity contribution is 4.87. The van der Waals surface area contributed by atoms with E-state index in [1.807, 2.05) is 6.92 Å². The first-order valence-corrected chi connectivity index (χ1v) is 6.55. The molecule has 0 spiro atoms. The standard InChI is InChI=1S/C12H22N4O2/c1-3-11-14-15-12(18-11)8-16-5-4-10(17-2)6-9(16)7-13/h9-10H,3-8,13H2,1-2H3. The van der Waals surface area contributed by atoms with Crippen molar-refractivity contribution in [3.8, 4) is 0 Å². The third-order valence-electron chi connectivity index (χ3n) is 3.54. The van der Waals surface area contributed by atoms with E-state index in [9.17, 15) is 0 Å². The van der Waals surface area contributed by atoms with E-state index in [1.165, 1.54) is 0 Å². The molecule has 102 valence electrons. The van der Waals surface area contributed by atoms with Crippen LogP contribution in [-0.4, -0.2) is 47.4 Å². The van der Waals surface area contributed by atoms with Gasteiger partial charge in [0, 0.05) is 32.7 Å². The average Bonchev–Trinajstić information content (AvgIpc) is 2.87. The summed E-state index contributed by atoms with van der Waals surface area (Å²) in [6, 6.07) is 0.334. The lowest BCUT2D eigenvalue weighted by Gasteiger charge is -2.37. The second-order valence-corrected chi connectivity index (χ2v) is 4.69. The molecular formula is C12H22N4O2. The van der Waals surface area contributed by atoms with Crippen molar-refractivity contribution < 1.29 is 9.15 Å². The fourth-order valence-electron chi connectivity index (χ4n) is 2.40. The summed E-state index contributed by atoms with van der Waals surface area (Å²) in [6.45, 7) is 4.29. The van der Waals surface area contributed by atoms with Crippen LogP contribution >= 0.6 is 0 Å². The molecule has 1 aliphatic rings. The summed E-state index contributed by atoms with van der Waals surface area (Å²) in [5, 5.41) is 8.04. The number of methoxy groups -OCH3 is 1. The van der Waals surface area contributed by atoms with Crippen LogP contribution in [0.4, 0.5) is 0 Å². The van der Waals surface area contributed by atoms with E-state index in [-0.39, 0.29) is 0 Å². The summed E-state index contributed by atoms with van der Waals surface area (Å²) in [5.41, 5.74) is 5.83. The van der Waals surface area contributed by atoms with Gasteiger partial charge in [-0.1, -0.05) is 6.92 Å². The number of aromatic nitrogens is 2. The molecule has 6 heteroatoms. The molecule has 0 aliphatic carbocycles. The second kappa shape index (κ2) is 6.26. The Balaban J connectivity index is 1.95. The van der Waals surface area contributed by atoms with Crippen molar-refractivity contribution in [1.29, 1.82) is 0 Å². The Morgan fingerprint density at radius 1 is 1.44 bits per heavy atom. The number of likely N-dealkylation sites (tertiary alicyclic amines) is 1. The van der Waals surface area contributed by atoms with Crippen molar-refractivity contribution in [2.24, 2.45) is 5.73 Å². The van der Waals surface area contributed by atoms with Crippen LogP contribution in [0.3, 0.4) is 0 Å². The highest BCUT2D eigenvalue weighted by Crippen LogP contribution is 2.21. The summed E-state index contributed by atoms with van der Waals surface area (Å²) >= 11 is 0. The molecule has 2 atom stereocenters. The molecule has 0 amide bonds. The number of nitrogens with two attached hydrogens (primary N) is 1. The first-order chi connectivity index (χ1) is 8.76. The van der Waals surface area contributed by atoms with Gasteiger partial charge in [-0.2, -0.15) is 0 Å². The van der Waals surface area contributed by atoms with Gasteiger partial charge < -0.3 is 14.9 Å². The van der Waals surface area contributed by atoms with Gasteiger partial charge in [-0.15, -0.1) is 10.2 Å². The summed E-state index contributed by atoms with van der Waals surface area (Å²) in [4.78, 5) is 2.31. The van der Waals surface area contributed by atoms with Gasteiger partial charge in [0.05, 0.1) is 12.6 Å². The number of aryl methyl sites for hydroxylation is 1. The van der Waals surface area contributed by atoms with Gasteiger partial charge in [-0.05, 0) is 12.8 Å². The Hall–Kier alpha value is -0.980. The molecule has 1 fully saturated rings. The lowest BCUT2D eigenvalue weighted by Crippen LogP contribution is -2.48. The molecular weight excluding hydrogens is 232 g/mol. The molecule has 18 heavy (non-hydrogen) atoms. The predicted molar refractivity (Wildman–Crippen MR) is 67.0 cm³/mol. The summed E-state index contributed by atoms with van der Waals surface area (Å²) in [5.74, 6) is 1.38. The molecule has 0 radical (unpaired) electrons. The number of piperidine rings is 1. The van der Waals surface area contributed by atoms with E-state index in [1.54, 1.807) is 7.11 Å². The molecule has 1 aromatic rings. The molecule has 2 N–H and O–H groups in total. The smallest absolute Gasteiger partial charge is 0.230 e. The molecule has 2 unspecified atom stereocenters. The second-order valence-electron chi connectivity index (χ2n) is 4.69. The number of ether oxygens (including phenoxy) is 1. The molecule has 0 aromatic carbocycles. The minimum Gasteiger partial charge on any atom is -0.424 e. The summed E-state index contributed by atoms with van der Waals surface area (Å²) in [6.07, 6.45) is 3.10. The number of hydrogen-bond donors (Lipinski definition) is 1. The van der Waals surface area contributed by atoms with Gasteiger partial charge in [0.2, 0.25) is 11.8 Å². The van der Waals surface area contributed by atoms with Crippen molar-refractivity contribution in [2.75, 3.05) is 20.2 Å². The Morgan fingerprint density at radius 2 is 2.22 bits per heavy atom. The van der Waals surface area contributed by atoms with Crippen molar-refractivity contribution in [3.63, 3.8) is 0 Å². The summed E-state index contributed by atoms with van der Waals surface area (Å²) < 4.78 is 11.0. The lowest BCUT2D eigenvalue weighted by molar-refractivity contribution is 0.00725. The minimum absolute atomic E-state index is 0.323. The Kier molecular flexibility index (Phi) is 4.68. The SMILES string of the molecule is CCc1nnc(CN2CCC(OC)CC2CN)o1. The topological polar surface area (TPSA) is 77.4 Å². The average molecular weight is 254 g/mol. The van der Waals surface area contributed by atoms with Gasteiger partial charge in [0.1, 0.15) is 0 Å². The van der Waals surface area contributed by atoms with Crippen LogP contribution in [0.5, 0.6) is 0 Å². The fraction of sp³-hybridized carbons (Fsp3) is 0.833. The maximum atomic E-state index is 5.83. The van der Waals surface area contributed by atoms with E-state index in [0.29, 0.717) is 37.0 Å². The van der Waals surface area contributed by atoms with Crippen LogP contribution in [0.1, 0.15) is 31.5 Å². The van der Waals surface area contributed by atoms with E-state index in [0.717, 1.165) is 25.8 Å². The monoisotopic (exact) mass is 254 g/mol. The van der Waals surface area contributed by atoms with Crippen molar-refractivity contribution >= 4 is 0 Å². The highest BCUT2D eigenvalue weighted by Gasteiger charge is 2.28. The van der Waals surface area contributed by atoms with E-state index in [4.69, 9.17) is 14.9 Å². The molecule has 0 saturated carbocycles. The minimum atomic E-state index is 0.323. The van der Waals surface area contributed by atoms with Crippen LogP contribution in [0.25, 0.3) is 0 Å².